The Bertz CT molecular complexity index is 530. The molecular formula is C14H18N2O2S. The van der Waals surface area contributed by atoms with Crippen molar-refractivity contribution in [3.63, 3.8) is 0 Å². The highest BCUT2D eigenvalue weighted by Crippen LogP contribution is 2.40. The third-order valence-electron chi connectivity index (χ3n) is 3.61. The van der Waals surface area contributed by atoms with Gasteiger partial charge < -0.3 is 10.0 Å². The average molecular weight is 278 g/mol. The second kappa shape index (κ2) is 5.62. The van der Waals surface area contributed by atoms with Gasteiger partial charge in [-0.15, -0.1) is 11.3 Å². The molecule has 102 valence electrons. The number of nitriles is 1. The monoisotopic (exact) mass is 278 g/mol. The molecule has 2 rings (SSSR count). The van der Waals surface area contributed by atoms with Crippen LogP contribution >= 0.6 is 11.3 Å². The molecule has 0 saturated heterocycles. The lowest BCUT2D eigenvalue weighted by atomic mass is 9.88. The quantitative estimate of drug-likeness (QED) is 0.919. The summed E-state index contributed by atoms with van der Waals surface area (Å²) in [5.74, 6) is -0.129. The van der Waals surface area contributed by atoms with Crippen molar-refractivity contribution in [1.29, 1.82) is 5.26 Å². The normalized spacial score (nSPS) is 17.6. The van der Waals surface area contributed by atoms with Gasteiger partial charge in [0.05, 0.1) is 12.0 Å². The number of carbonyl (C=O) groups is 1. The zero-order chi connectivity index (χ0) is 14.0. The molecule has 0 radical (unpaired) electrons. The number of aliphatic carboxylic acids is 1. The number of rotatable bonds is 4. The number of carboxylic acid groups (broad SMARTS) is 1. The molecule has 0 aliphatic heterocycles. The van der Waals surface area contributed by atoms with E-state index in [1.807, 2.05) is 11.9 Å². The van der Waals surface area contributed by atoms with Gasteiger partial charge in [-0.25, -0.2) is 0 Å². The fourth-order valence-corrected chi connectivity index (χ4v) is 3.93. The molecule has 1 aliphatic carbocycles. The van der Waals surface area contributed by atoms with Crippen LogP contribution in [0.25, 0.3) is 0 Å². The Balaban J connectivity index is 2.26. The van der Waals surface area contributed by atoms with Crippen LogP contribution in [0.4, 0.5) is 5.00 Å². The van der Waals surface area contributed by atoms with Gasteiger partial charge in [0.15, 0.2) is 0 Å². The van der Waals surface area contributed by atoms with Crippen molar-refractivity contribution < 1.29 is 9.90 Å². The predicted molar refractivity (Wildman–Crippen MR) is 75.7 cm³/mol. The number of thiophene rings is 1. The van der Waals surface area contributed by atoms with Gasteiger partial charge in [0, 0.05) is 18.5 Å². The van der Waals surface area contributed by atoms with E-state index in [1.54, 1.807) is 11.3 Å². The van der Waals surface area contributed by atoms with E-state index in [9.17, 15) is 10.1 Å². The van der Waals surface area contributed by atoms with E-state index in [0.29, 0.717) is 12.5 Å². The number of nitrogens with zero attached hydrogens (tertiary/aromatic N) is 2. The molecule has 1 aromatic heterocycles. The first-order valence-corrected chi connectivity index (χ1v) is 7.32. The van der Waals surface area contributed by atoms with Crippen LogP contribution < -0.4 is 4.90 Å². The molecule has 1 N–H and O–H groups in total. The maximum atomic E-state index is 10.6. The van der Waals surface area contributed by atoms with Crippen LogP contribution in [-0.4, -0.2) is 24.7 Å². The largest absolute Gasteiger partial charge is 0.481 e. The lowest BCUT2D eigenvalue weighted by Gasteiger charge is -2.17. The Labute approximate surface area is 117 Å². The molecule has 0 spiro atoms. The van der Waals surface area contributed by atoms with Gasteiger partial charge >= 0.3 is 5.97 Å². The third kappa shape index (κ3) is 2.90. The highest BCUT2D eigenvalue weighted by Gasteiger charge is 2.25. The van der Waals surface area contributed by atoms with Gasteiger partial charge in [0.1, 0.15) is 11.1 Å². The Hall–Kier alpha value is -1.54. The van der Waals surface area contributed by atoms with Crippen molar-refractivity contribution >= 4 is 22.3 Å². The van der Waals surface area contributed by atoms with E-state index in [-0.39, 0.29) is 6.42 Å². The molecule has 1 aliphatic rings. The van der Waals surface area contributed by atoms with Gasteiger partial charge in [-0.1, -0.05) is 6.92 Å². The lowest BCUT2D eigenvalue weighted by Crippen LogP contribution is -2.20. The molecule has 19 heavy (non-hydrogen) atoms. The van der Waals surface area contributed by atoms with Crippen LogP contribution in [0.1, 0.15) is 35.8 Å². The Morgan fingerprint density at radius 1 is 1.63 bits per heavy atom. The SMILES string of the molecule is CC1CCc2c(sc(N(C)CCC(=O)O)c2C#N)C1. The first-order valence-electron chi connectivity index (χ1n) is 6.50. The Kier molecular flexibility index (Phi) is 4.11. The minimum atomic E-state index is -0.805. The van der Waals surface area contributed by atoms with E-state index in [4.69, 9.17) is 5.11 Å². The molecule has 0 aromatic carbocycles. The average Bonchev–Trinajstić information content (AvgIpc) is 2.73. The van der Waals surface area contributed by atoms with Crippen LogP contribution in [0, 0.1) is 17.2 Å². The summed E-state index contributed by atoms with van der Waals surface area (Å²) < 4.78 is 0. The molecular weight excluding hydrogens is 260 g/mol. The molecule has 1 unspecified atom stereocenters. The highest BCUT2D eigenvalue weighted by molar-refractivity contribution is 7.16. The van der Waals surface area contributed by atoms with Gasteiger partial charge in [-0.05, 0) is 30.7 Å². The number of hydrogen-bond donors (Lipinski definition) is 1. The summed E-state index contributed by atoms with van der Waals surface area (Å²) in [6.45, 7) is 2.68. The van der Waals surface area contributed by atoms with Crippen LogP contribution in [0.15, 0.2) is 0 Å². The summed E-state index contributed by atoms with van der Waals surface area (Å²) in [6, 6.07) is 2.31. The van der Waals surface area contributed by atoms with E-state index < -0.39 is 5.97 Å². The van der Waals surface area contributed by atoms with Crippen LogP contribution in [0.2, 0.25) is 0 Å². The van der Waals surface area contributed by atoms with Crippen molar-refractivity contribution in [2.75, 3.05) is 18.5 Å². The molecule has 4 nitrogen and oxygen atoms in total. The fraction of sp³-hybridized carbons (Fsp3) is 0.571. The van der Waals surface area contributed by atoms with Crippen molar-refractivity contribution in [2.45, 2.75) is 32.6 Å². The third-order valence-corrected chi connectivity index (χ3v) is 4.98. The highest BCUT2D eigenvalue weighted by atomic mass is 32.1. The van der Waals surface area contributed by atoms with Crippen molar-refractivity contribution in [2.24, 2.45) is 5.92 Å². The van der Waals surface area contributed by atoms with E-state index in [0.717, 1.165) is 29.8 Å². The lowest BCUT2D eigenvalue weighted by molar-refractivity contribution is -0.136. The summed E-state index contributed by atoms with van der Waals surface area (Å²) in [5, 5.41) is 19.0. The summed E-state index contributed by atoms with van der Waals surface area (Å²) in [6.07, 6.45) is 3.25. The minimum absolute atomic E-state index is 0.0976. The molecule has 0 bridgehead atoms. The molecule has 0 amide bonds. The number of anilines is 1. The zero-order valence-electron chi connectivity index (χ0n) is 11.3. The Morgan fingerprint density at radius 2 is 2.37 bits per heavy atom. The first kappa shape index (κ1) is 13.9. The number of hydrogen-bond acceptors (Lipinski definition) is 4. The molecule has 1 atom stereocenters. The van der Waals surface area contributed by atoms with Gasteiger partial charge in [-0.2, -0.15) is 5.26 Å². The van der Waals surface area contributed by atoms with Gasteiger partial charge in [0.2, 0.25) is 0 Å². The molecule has 0 saturated carbocycles. The summed E-state index contributed by atoms with van der Waals surface area (Å²) in [7, 11) is 1.87. The van der Waals surface area contributed by atoms with Crippen molar-refractivity contribution in [3.8, 4) is 6.07 Å². The Morgan fingerprint density at radius 3 is 3.00 bits per heavy atom. The van der Waals surface area contributed by atoms with Crippen molar-refractivity contribution in [1.82, 2.24) is 0 Å². The van der Waals surface area contributed by atoms with E-state index >= 15 is 0 Å². The molecule has 0 fully saturated rings. The molecule has 1 heterocycles. The minimum Gasteiger partial charge on any atom is -0.481 e. The van der Waals surface area contributed by atoms with Crippen LogP contribution in [0.3, 0.4) is 0 Å². The molecule has 1 aromatic rings. The second-order valence-electron chi connectivity index (χ2n) is 5.21. The van der Waals surface area contributed by atoms with Crippen LogP contribution in [-0.2, 0) is 17.6 Å². The predicted octanol–water partition coefficient (Wildman–Crippen LogP) is 2.66. The van der Waals surface area contributed by atoms with E-state index in [2.05, 4.69) is 13.0 Å². The topological polar surface area (TPSA) is 64.3 Å². The van der Waals surface area contributed by atoms with Gasteiger partial charge in [-0.3, -0.25) is 4.79 Å². The van der Waals surface area contributed by atoms with Crippen LogP contribution in [0.5, 0.6) is 0 Å². The zero-order valence-corrected chi connectivity index (χ0v) is 12.1. The summed E-state index contributed by atoms with van der Waals surface area (Å²) >= 11 is 1.66. The standard InChI is InChI=1S/C14H18N2O2S/c1-9-3-4-10-11(8-15)14(19-12(10)7-9)16(2)6-5-13(17)18/h9H,3-7H2,1-2H3,(H,17,18). The maximum absolute atomic E-state index is 10.6. The van der Waals surface area contributed by atoms with E-state index in [1.165, 1.54) is 10.4 Å². The number of carboxylic acids is 1. The smallest absolute Gasteiger partial charge is 0.305 e. The second-order valence-corrected chi connectivity index (χ2v) is 6.29. The van der Waals surface area contributed by atoms with Gasteiger partial charge in [0.25, 0.3) is 0 Å². The number of fused-ring (bicyclic) bond motifs is 1. The fourth-order valence-electron chi connectivity index (χ4n) is 2.49. The first-order chi connectivity index (χ1) is 9.02. The summed E-state index contributed by atoms with van der Waals surface area (Å²) in [5.41, 5.74) is 1.96. The van der Waals surface area contributed by atoms with Crippen molar-refractivity contribution in [3.05, 3.63) is 16.0 Å². The summed E-state index contributed by atoms with van der Waals surface area (Å²) in [4.78, 5) is 13.9. The maximum Gasteiger partial charge on any atom is 0.305 e. The molecule has 5 heteroatoms.